The lowest BCUT2D eigenvalue weighted by Gasteiger charge is -2.12. The molecule has 20 heavy (non-hydrogen) atoms. The van der Waals surface area contributed by atoms with Gasteiger partial charge in [-0.2, -0.15) is 0 Å². The van der Waals surface area contributed by atoms with Gasteiger partial charge in [-0.05, 0) is 30.5 Å². The highest BCUT2D eigenvalue weighted by molar-refractivity contribution is 7.90. The quantitative estimate of drug-likeness (QED) is 0.825. The van der Waals surface area contributed by atoms with Crippen LogP contribution in [0.15, 0.2) is 24.3 Å². The molecule has 0 atom stereocenters. The summed E-state index contributed by atoms with van der Waals surface area (Å²) in [4.78, 5) is 0. The molecule has 0 aromatic heterocycles. The van der Waals surface area contributed by atoms with Crippen LogP contribution < -0.4 is 4.72 Å². The zero-order valence-corrected chi connectivity index (χ0v) is 12.1. The molecule has 0 amide bonds. The van der Waals surface area contributed by atoms with E-state index in [1.165, 1.54) is 0 Å². The van der Waals surface area contributed by atoms with Crippen LogP contribution in [-0.2, 0) is 16.6 Å². The van der Waals surface area contributed by atoms with E-state index in [0.717, 1.165) is 36.8 Å². The second-order valence-electron chi connectivity index (χ2n) is 4.93. The van der Waals surface area contributed by atoms with Crippen LogP contribution in [0.25, 0.3) is 0 Å². The molecule has 1 aromatic carbocycles. The molecule has 2 N–H and O–H groups in total. The van der Waals surface area contributed by atoms with E-state index in [0.29, 0.717) is 6.54 Å². The third kappa shape index (κ3) is 4.07. The molecular formula is C15H19NO3S. The topological polar surface area (TPSA) is 66.4 Å². The first-order valence-electron chi connectivity index (χ1n) is 6.79. The molecular weight excluding hydrogens is 274 g/mol. The number of rotatable bonds is 4. The molecule has 0 unspecified atom stereocenters. The molecule has 0 heterocycles. The molecule has 0 bridgehead atoms. The standard InChI is InChI=1S/C15H19NO3S/c17-11-3-4-13-7-9-14(10-8-13)12-16-20(18,19)15-5-1-2-6-15/h7-10,15-17H,1-2,5-6,11-12H2. The van der Waals surface area contributed by atoms with E-state index in [9.17, 15) is 8.42 Å². The highest BCUT2D eigenvalue weighted by atomic mass is 32.2. The van der Waals surface area contributed by atoms with E-state index in [2.05, 4.69) is 16.6 Å². The lowest BCUT2D eigenvalue weighted by molar-refractivity contribution is 0.350. The predicted molar refractivity (Wildman–Crippen MR) is 78.4 cm³/mol. The molecule has 0 saturated heterocycles. The lowest BCUT2D eigenvalue weighted by Crippen LogP contribution is -2.32. The molecule has 0 radical (unpaired) electrons. The summed E-state index contributed by atoms with van der Waals surface area (Å²) >= 11 is 0. The van der Waals surface area contributed by atoms with Gasteiger partial charge in [0.25, 0.3) is 0 Å². The summed E-state index contributed by atoms with van der Waals surface area (Å²) in [6.07, 6.45) is 3.55. The smallest absolute Gasteiger partial charge is 0.214 e. The van der Waals surface area contributed by atoms with Crippen molar-refractivity contribution in [1.82, 2.24) is 4.72 Å². The number of nitrogens with one attached hydrogen (secondary N) is 1. The molecule has 2 rings (SSSR count). The van der Waals surface area contributed by atoms with Gasteiger partial charge in [0, 0.05) is 12.1 Å². The average molecular weight is 293 g/mol. The van der Waals surface area contributed by atoms with Gasteiger partial charge in [0.05, 0.1) is 5.25 Å². The van der Waals surface area contributed by atoms with Crippen LogP contribution in [-0.4, -0.2) is 25.4 Å². The van der Waals surface area contributed by atoms with Gasteiger partial charge in [-0.1, -0.05) is 36.8 Å². The fourth-order valence-corrected chi connectivity index (χ4v) is 3.91. The van der Waals surface area contributed by atoms with Crippen molar-refractivity contribution in [3.63, 3.8) is 0 Å². The van der Waals surface area contributed by atoms with Gasteiger partial charge in [0.2, 0.25) is 10.0 Å². The molecule has 1 saturated carbocycles. The number of hydrogen-bond donors (Lipinski definition) is 2. The first kappa shape index (κ1) is 15.0. The zero-order chi connectivity index (χ0) is 14.4. The Morgan fingerprint density at radius 1 is 1.20 bits per heavy atom. The molecule has 0 spiro atoms. The number of sulfonamides is 1. The summed E-state index contributed by atoms with van der Waals surface area (Å²) in [5.41, 5.74) is 1.71. The minimum Gasteiger partial charge on any atom is -0.384 e. The van der Waals surface area contributed by atoms with Crippen molar-refractivity contribution in [3.05, 3.63) is 35.4 Å². The van der Waals surface area contributed by atoms with Crippen LogP contribution in [0.5, 0.6) is 0 Å². The van der Waals surface area contributed by atoms with Crippen LogP contribution in [0.4, 0.5) is 0 Å². The molecule has 4 nitrogen and oxygen atoms in total. The van der Waals surface area contributed by atoms with Gasteiger partial charge in [0.1, 0.15) is 6.61 Å². The number of aliphatic hydroxyl groups excluding tert-OH is 1. The van der Waals surface area contributed by atoms with Crippen molar-refractivity contribution < 1.29 is 13.5 Å². The summed E-state index contributed by atoms with van der Waals surface area (Å²) in [6.45, 7) is 0.148. The van der Waals surface area contributed by atoms with Crippen molar-refractivity contribution in [2.45, 2.75) is 37.5 Å². The largest absolute Gasteiger partial charge is 0.384 e. The van der Waals surface area contributed by atoms with Crippen molar-refractivity contribution in [2.24, 2.45) is 0 Å². The fourth-order valence-electron chi connectivity index (χ4n) is 2.35. The first-order chi connectivity index (χ1) is 9.62. The highest BCUT2D eigenvalue weighted by Crippen LogP contribution is 2.24. The van der Waals surface area contributed by atoms with E-state index < -0.39 is 10.0 Å². The van der Waals surface area contributed by atoms with Crippen LogP contribution in [0.2, 0.25) is 0 Å². The Morgan fingerprint density at radius 3 is 2.45 bits per heavy atom. The molecule has 5 heteroatoms. The number of aliphatic hydroxyl groups is 1. The maximum Gasteiger partial charge on any atom is 0.214 e. The Labute approximate surface area is 120 Å². The Bertz CT molecular complexity index is 590. The van der Waals surface area contributed by atoms with Crippen LogP contribution in [0, 0.1) is 11.8 Å². The summed E-state index contributed by atoms with van der Waals surface area (Å²) in [5, 5.41) is 8.38. The van der Waals surface area contributed by atoms with Gasteiger partial charge >= 0.3 is 0 Å². The Morgan fingerprint density at radius 2 is 1.85 bits per heavy atom. The maximum absolute atomic E-state index is 12.1. The average Bonchev–Trinajstić information content (AvgIpc) is 2.99. The van der Waals surface area contributed by atoms with Crippen molar-refractivity contribution in [1.29, 1.82) is 0 Å². The summed E-state index contributed by atoms with van der Waals surface area (Å²) in [6, 6.07) is 7.33. The second-order valence-corrected chi connectivity index (χ2v) is 6.97. The monoisotopic (exact) mass is 293 g/mol. The third-order valence-electron chi connectivity index (χ3n) is 3.48. The summed E-state index contributed by atoms with van der Waals surface area (Å²) in [7, 11) is -3.19. The van der Waals surface area contributed by atoms with Crippen LogP contribution >= 0.6 is 0 Å². The van der Waals surface area contributed by atoms with Gasteiger partial charge < -0.3 is 5.11 Å². The van der Waals surface area contributed by atoms with E-state index in [1.807, 2.05) is 24.3 Å². The Kier molecular flexibility index (Phi) is 5.18. The van der Waals surface area contributed by atoms with Gasteiger partial charge in [-0.3, -0.25) is 0 Å². The summed E-state index contributed by atoms with van der Waals surface area (Å²) in [5.74, 6) is 5.37. The number of benzene rings is 1. The van der Waals surface area contributed by atoms with E-state index >= 15 is 0 Å². The molecule has 0 aliphatic heterocycles. The van der Waals surface area contributed by atoms with E-state index in [1.54, 1.807) is 0 Å². The minimum absolute atomic E-state index is 0.164. The molecule has 1 aliphatic rings. The molecule has 1 aromatic rings. The predicted octanol–water partition coefficient (Wildman–Crippen LogP) is 1.39. The second kappa shape index (κ2) is 6.89. The van der Waals surface area contributed by atoms with Gasteiger partial charge in [-0.25, -0.2) is 13.1 Å². The highest BCUT2D eigenvalue weighted by Gasteiger charge is 2.27. The molecule has 1 aliphatic carbocycles. The third-order valence-corrected chi connectivity index (χ3v) is 5.38. The van der Waals surface area contributed by atoms with Crippen LogP contribution in [0.1, 0.15) is 36.8 Å². The Hall–Kier alpha value is -1.35. The number of hydrogen-bond acceptors (Lipinski definition) is 3. The molecule has 108 valence electrons. The Balaban J connectivity index is 1.93. The lowest BCUT2D eigenvalue weighted by atomic mass is 10.1. The van der Waals surface area contributed by atoms with Crippen LogP contribution in [0.3, 0.4) is 0 Å². The van der Waals surface area contributed by atoms with E-state index in [4.69, 9.17) is 5.11 Å². The van der Waals surface area contributed by atoms with Gasteiger partial charge in [0.15, 0.2) is 0 Å². The van der Waals surface area contributed by atoms with Crippen molar-refractivity contribution in [3.8, 4) is 11.8 Å². The normalized spacial score (nSPS) is 15.8. The van der Waals surface area contributed by atoms with E-state index in [-0.39, 0.29) is 11.9 Å². The van der Waals surface area contributed by atoms with Crippen molar-refractivity contribution in [2.75, 3.05) is 6.61 Å². The zero-order valence-electron chi connectivity index (χ0n) is 11.3. The van der Waals surface area contributed by atoms with Crippen molar-refractivity contribution >= 4 is 10.0 Å². The first-order valence-corrected chi connectivity index (χ1v) is 8.33. The minimum atomic E-state index is -3.19. The molecule has 1 fully saturated rings. The fraction of sp³-hybridized carbons (Fsp3) is 0.467. The summed E-state index contributed by atoms with van der Waals surface area (Å²) < 4.78 is 26.8. The van der Waals surface area contributed by atoms with Gasteiger partial charge in [-0.15, -0.1) is 0 Å². The SMILES string of the molecule is O=S(=O)(NCc1ccc(C#CCO)cc1)C1CCCC1. The maximum atomic E-state index is 12.1.